The van der Waals surface area contributed by atoms with E-state index in [1.54, 1.807) is 17.0 Å². The summed E-state index contributed by atoms with van der Waals surface area (Å²) < 4.78 is 15.8. The Bertz CT molecular complexity index is 900. The summed E-state index contributed by atoms with van der Waals surface area (Å²) in [5.74, 6) is 0.654. The average Bonchev–Trinajstić information content (AvgIpc) is 2.78. The fourth-order valence-corrected chi connectivity index (χ4v) is 3.75. The fourth-order valence-electron chi connectivity index (χ4n) is 3.50. The van der Waals surface area contributed by atoms with Gasteiger partial charge in [0, 0.05) is 31.7 Å². The molecule has 1 aliphatic heterocycles. The third-order valence-electron chi connectivity index (χ3n) is 5.12. The molecule has 30 heavy (non-hydrogen) atoms. The summed E-state index contributed by atoms with van der Waals surface area (Å²) in [7, 11) is 4.46. The lowest BCUT2D eigenvalue weighted by atomic mass is 10.1. The molecule has 0 atom stereocenters. The number of Topliss-reactive ketones (excluding diaryl/α,β-unsaturated/α-hetero) is 1. The second-order valence-electron chi connectivity index (χ2n) is 6.83. The van der Waals surface area contributed by atoms with Crippen molar-refractivity contribution in [2.75, 3.05) is 52.4 Å². The number of hydrogen-bond acceptors (Lipinski definition) is 6. The van der Waals surface area contributed by atoms with Crippen LogP contribution in [0.25, 0.3) is 0 Å². The molecular weight excluding hydrogens is 408 g/mol. The Balaban J connectivity index is 1.64. The zero-order valence-electron chi connectivity index (χ0n) is 17.3. The van der Waals surface area contributed by atoms with E-state index in [-0.39, 0.29) is 18.1 Å². The molecule has 1 saturated heterocycles. The molecule has 1 fully saturated rings. The number of ether oxygens (including phenoxy) is 3. The molecular formula is C22H25ClN2O5. The number of nitrogens with zero attached hydrogens (tertiary/aromatic N) is 2. The van der Waals surface area contributed by atoms with Crippen molar-refractivity contribution in [2.45, 2.75) is 6.42 Å². The first kappa shape index (κ1) is 21.8. The van der Waals surface area contributed by atoms with Crippen LogP contribution >= 0.6 is 11.6 Å². The van der Waals surface area contributed by atoms with Crippen LogP contribution in [0.2, 0.25) is 5.02 Å². The Hall–Kier alpha value is -2.93. The molecule has 0 N–H and O–H groups in total. The van der Waals surface area contributed by atoms with E-state index >= 15 is 0 Å². The molecule has 1 heterocycles. The molecule has 0 aliphatic carbocycles. The molecule has 0 radical (unpaired) electrons. The van der Waals surface area contributed by atoms with Gasteiger partial charge in [0.15, 0.2) is 17.3 Å². The number of anilines is 1. The highest BCUT2D eigenvalue weighted by Gasteiger charge is 2.25. The van der Waals surface area contributed by atoms with Crippen LogP contribution in [0.1, 0.15) is 16.8 Å². The smallest absolute Gasteiger partial charge is 0.230 e. The summed E-state index contributed by atoms with van der Waals surface area (Å²) in [5, 5.41) is 0.690. The quantitative estimate of drug-likeness (QED) is 0.494. The lowest BCUT2D eigenvalue weighted by Crippen LogP contribution is -2.49. The summed E-state index contributed by atoms with van der Waals surface area (Å²) >= 11 is 6.27. The molecule has 1 amide bonds. The second-order valence-corrected chi connectivity index (χ2v) is 7.24. The summed E-state index contributed by atoms with van der Waals surface area (Å²) in [4.78, 5) is 29.3. The lowest BCUT2D eigenvalue weighted by molar-refractivity contribution is -0.130. The number of hydrogen-bond donors (Lipinski definition) is 0. The minimum atomic E-state index is -0.298. The van der Waals surface area contributed by atoms with E-state index in [2.05, 4.69) is 4.90 Å². The van der Waals surface area contributed by atoms with E-state index in [4.69, 9.17) is 25.8 Å². The van der Waals surface area contributed by atoms with Gasteiger partial charge in [0.25, 0.3) is 0 Å². The van der Waals surface area contributed by atoms with Gasteiger partial charge in [-0.15, -0.1) is 0 Å². The predicted octanol–water partition coefficient (Wildman–Crippen LogP) is 3.29. The molecule has 1 aliphatic rings. The van der Waals surface area contributed by atoms with Crippen molar-refractivity contribution in [3.05, 3.63) is 47.0 Å². The number of para-hydroxylation sites is 1. The Morgan fingerprint density at radius 3 is 2.07 bits per heavy atom. The highest BCUT2D eigenvalue weighted by atomic mass is 35.5. The van der Waals surface area contributed by atoms with E-state index in [9.17, 15) is 9.59 Å². The molecule has 160 valence electrons. The Morgan fingerprint density at radius 1 is 0.933 bits per heavy atom. The van der Waals surface area contributed by atoms with Gasteiger partial charge in [0.1, 0.15) is 0 Å². The third-order valence-corrected chi connectivity index (χ3v) is 5.44. The first-order valence-electron chi connectivity index (χ1n) is 9.59. The average molecular weight is 433 g/mol. The normalized spacial score (nSPS) is 13.7. The number of piperazine rings is 1. The van der Waals surface area contributed by atoms with Gasteiger partial charge in [-0.1, -0.05) is 23.7 Å². The number of rotatable bonds is 7. The zero-order valence-corrected chi connectivity index (χ0v) is 18.1. The first-order valence-corrected chi connectivity index (χ1v) is 9.96. The molecule has 0 saturated carbocycles. The van der Waals surface area contributed by atoms with Gasteiger partial charge in [-0.05, 0) is 24.3 Å². The number of amides is 1. The Labute approximate surface area is 181 Å². The van der Waals surface area contributed by atoms with E-state index < -0.39 is 0 Å². The lowest BCUT2D eigenvalue weighted by Gasteiger charge is -2.36. The van der Waals surface area contributed by atoms with Gasteiger partial charge in [-0.25, -0.2) is 0 Å². The minimum Gasteiger partial charge on any atom is -0.493 e. The summed E-state index contributed by atoms with van der Waals surface area (Å²) in [6, 6.07) is 10.8. The zero-order chi connectivity index (χ0) is 21.7. The molecule has 3 rings (SSSR count). The van der Waals surface area contributed by atoms with Crippen LogP contribution in [0.4, 0.5) is 5.69 Å². The van der Waals surface area contributed by atoms with Crippen molar-refractivity contribution in [3.63, 3.8) is 0 Å². The molecule has 0 unspecified atom stereocenters. The van der Waals surface area contributed by atoms with Crippen molar-refractivity contribution in [1.29, 1.82) is 0 Å². The molecule has 8 heteroatoms. The van der Waals surface area contributed by atoms with Crippen molar-refractivity contribution >= 4 is 29.0 Å². The van der Waals surface area contributed by atoms with Crippen LogP contribution in [0, 0.1) is 0 Å². The number of benzene rings is 2. The Kier molecular flexibility index (Phi) is 7.05. The van der Waals surface area contributed by atoms with Crippen molar-refractivity contribution in [3.8, 4) is 17.2 Å². The number of carbonyl (C=O) groups excluding carboxylic acids is 2. The summed E-state index contributed by atoms with van der Waals surface area (Å²) in [6.45, 7) is 2.39. The topological polar surface area (TPSA) is 68.3 Å². The van der Waals surface area contributed by atoms with Gasteiger partial charge in [0.2, 0.25) is 11.7 Å². The third kappa shape index (κ3) is 4.62. The standard InChI is InChI=1S/C22H25ClN2O5/c1-28-19-12-15(13-20(29-2)22(19)30-3)18(26)14-21(27)25-10-8-24(9-11-25)17-7-5-4-6-16(17)23/h4-7,12-13H,8-11,14H2,1-3H3. The summed E-state index contributed by atoms with van der Waals surface area (Å²) in [5.41, 5.74) is 1.30. The van der Waals surface area contributed by atoms with Crippen molar-refractivity contribution in [2.24, 2.45) is 0 Å². The largest absolute Gasteiger partial charge is 0.493 e. The van der Waals surface area contributed by atoms with Crippen molar-refractivity contribution < 1.29 is 23.8 Å². The number of methoxy groups -OCH3 is 3. The monoisotopic (exact) mass is 432 g/mol. The maximum absolute atomic E-state index is 12.7. The van der Waals surface area contributed by atoms with Crippen LogP contribution < -0.4 is 19.1 Å². The highest BCUT2D eigenvalue weighted by molar-refractivity contribution is 6.33. The van der Waals surface area contributed by atoms with Gasteiger partial charge in [-0.2, -0.15) is 0 Å². The van der Waals surface area contributed by atoms with Crippen LogP contribution in [0.3, 0.4) is 0 Å². The second kappa shape index (κ2) is 9.71. The fraction of sp³-hybridized carbons (Fsp3) is 0.364. The molecule has 0 bridgehead atoms. The maximum atomic E-state index is 12.7. The summed E-state index contributed by atoms with van der Waals surface area (Å²) in [6.07, 6.45) is -0.218. The SMILES string of the molecule is COc1cc(C(=O)CC(=O)N2CCN(c3ccccc3Cl)CC2)cc(OC)c1OC. The molecule has 2 aromatic carbocycles. The van der Waals surface area contributed by atoms with Crippen LogP contribution in [0.15, 0.2) is 36.4 Å². The molecule has 0 spiro atoms. The van der Waals surface area contributed by atoms with Gasteiger partial charge in [-0.3, -0.25) is 9.59 Å². The first-order chi connectivity index (χ1) is 14.5. The van der Waals surface area contributed by atoms with Crippen LogP contribution in [-0.2, 0) is 4.79 Å². The minimum absolute atomic E-state index is 0.201. The van der Waals surface area contributed by atoms with Crippen LogP contribution in [-0.4, -0.2) is 64.1 Å². The van der Waals surface area contributed by atoms with Crippen LogP contribution in [0.5, 0.6) is 17.2 Å². The molecule has 2 aromatic rings. The molecule has 0 aromatic heterocycles. The number of carbonyl (C=O) groups is 2. The number of halogens is 1. The highest BCUT2D eigenvalue weighted by Crippen LogP contribution is 2.38. The Morgan fingerprint density at radius 2 is 1.53 bits per heavy atom. The predicted molar refractivity (Wildman–Crippen MR) is 115 cm³/mol. The van der Waals surface area contributed by atoms with Crippen molar-refractivity contribution in [1.82, 2.24) is 4.90 Å². The van der Waals surface area contributed by atoms with E-state index in [0.29, 0.717) is 54.0 Å². The van der Waals surface area contributed by atoms with Gasteiger partial charge < -0.3 is 24.0 Å². The number of ketones is 1. The maximum Gasteiger partial charge on any atom is 0.230 e. The van der Waals surface area contributed by atoms with E-state index in [1.165, 1.54) is 21.3 Å². The van der Waals surface area contributed by atoms with E-state index in [0.717, 1.165) is 5.69 Å². The van der Waals surface area contributed by atoms with E-state index in [1.807, 2.05) is 24.3 Å². The van der Waals surface area contributed by atoms with Gasteiger partial charge in [0.05, 0.1) is 38.5 Å². The van der Waals surface area contributed by atoms with Gasteiger partial charge >= 0.3 is 0 Å². The molecule has 7 nitrogen and oxygen atoms in total.